The van der Waals surface area contributed by atoms with Crippen molar-refractivity contribution in [2.24, 2.45) is 5.92 Å². The van der Waals surface area contributed by atoms with Crippen molar-refractivity contribution in [3.05, 3.63) is 39.9 Å². The lowest BCUT2D eigenvalue weighted by Gasteiger charge is -2.09. The molecule has 0 aromatic heterocycles. The Bertz CT molecular complexity index is 506. The Balaban J connectivity index is 1.66. The fraction of sp³-hybridized carbons (Fsp3) is 0.500. The van der Waals surface area contributed by atoms with Gasteiger partial charge in [0.1, 0.15) is 0 Å². The van der Waals surface area contributed by atoms with E-state index in [0.29, 0.717) is 17.5 Å². The van der Waals surface area contributed by atoms with Crippen LogP contribution in [0.15, 0.2) is 24.3 Å². The van der Waals surface area contributed by atoms with E-state index in [2.05, 4.69) is 0 Å². The molecule has 1 aliphatic heterocycles. The zero-order valence-corrected chi connectivity index (χ0v) is 10.6. The number of hydrogen-bond acceptors (Lipinski definition) is 3. The summed E-state index contributed by atoms with van der Waals surface area (Å²) < 4.78 is 0. The maximum Gasteiger partial charge on any atom is 0.269 e. The van der Waals surface area contributed by atoms with Gasteiger partial charge in [-0.05, 0) is 30.9 Å². The molecule has 0 radical (unpaired) electrons. The van der Waals surface area contributed by atoms with Gasteiger partial charge in [0.25, 0.3) is 11.6 Å². The molecular formula is C14H16N2O3. The number of benzene rings is 1. The van der Waals surface area contributed by atoms with Crippen LogP contribution in [0, 0.1) is 16.0 Å². The Labute approximate surface area is 111 Å². The molecule has 0 unspecified atom stereocenters. The lowest BCUT2D eigenvalue weighted by molar-refractivity contribution is -0.384. The fourth-order valence-corrected chi connectivity index (χ4v) is 3.03. The first-order valence-corrected chi connectivity index (χ1v) is 6.72. The Morgan fingerprint density at radius 2 is 1.84 bits per heavy atom. The summed E-state index contributed by atoms with van der Waals surface area (Å²) >= 11 is 0. The molecular weight excluding hydrogens is 244 g/mol. The summed E-state index contributed by atoms with van der Waals surface area (Å²) in [5, 5.41) is 10.6. The van der Waals surface area contributed by atoms with Gasteiger partial charge in [0.2, 0.25) is 0 Å². The molecule has 2 aliphatic rings. The molecule has 5 nitrogen and oxygen atoms in total. The summed E-state index contributed by atoms with van der Waals surface area (Å²) in [6, 6.07) is 6.28. The first kappa shape index (κ1) is 12.1. The summed E-state index contributed by atoms with van der Waals surface area (Å²) in [6.07, 6.45) is 5.02. The van der Waals surface area contributed by atoms with E-state index in [1.807, 2.05) is 4.90 Å². The summed E-state index contributed by atoms with van der Waals surface area (Å²) in [6.45, 7) is 0.848. The van der Waals surface area contributed by atoms with Gasteiger partial charge in [-0.25, -0.2) is 0 Å². The van der Waals surface area contributed by atoms with E-state index in [1.54, 1.807) is 12.1 Å². The third kappa shape index (κ3) is 2.32. The van der Waals surface area contributed by atoms with Gasteiger partial charge in [-0.3, -0.25) is 14.9 Å². The lowest BCUT2D eigenvalue weighted by atomic mass is 10.0. The SMILES string of the molecule is O=C(c1ccc([N+](=O)[O-])cc1)N1C[C@@H]1C1CCCC1. The first-order chi connectivity index (χ1) is 9.16. The number of hydrogen-bond donors (Lipinski definition) is 0. The average Bonchev–Trinajstić information content (AvgIpc) is 3.03. The molecule has 1 saturated heterocycles. The van der Waals surface area contributed by atoms with Crippen LogP contribution in [-0.4, -0.2) is 28.3 Å². The van der Waals surface area contributed by atoms with Crippen LogP contribution < -0.4 is 0 Å². The van der Waals surface area contributed by atoms with Crippen LogP contribution in [0.1, 0.15) is 36.0 Å². The highest BCUT2D eigenvalue weighted by atomic mass is 16.6. The second-order valence-electron chi connectivity index (χ2n) is 5.37. The fourth-order valence-electron chi connectivity index (χ4n) is 3.03. The highest BCUT2D eigenvalue weighted by molar-refractivity contribution is 5.96. The van der Waals surface area contributed by atoms with E-state index in [0.717, 1.165) is 6.54 Å². The summed E-state index contributed by atoms with van der Waals surface area (Å²) in [4.78, 5) is 24.2. The molecule has 0 bridgehead atoms. The molecule has 1 aromatic rings. The highest BCUT2D eigenvalue weighted by Gasteiger charge is 2.44. The van der Waals surface area contributed by atoms with Crippen molar-refractivity contribution in [1.29, 1.82) is 0 Å². The number of rotatable bonds is 3. The topological polar surface area (TPSA) is 63.2 Å². The van der Waals surface area contributed by atoms with Crippen LogP contribution in [0.3, 0.4) is 0 Å². The van der Waals surface area contributed by atoms with Gasteiger partial charge in [-0.15, -0.1) is 0 Å². The number of nitrogens with zero attached hydrogens (tertiary/aromatic N) is 2. The van der Waals surface area contributed by atoms with E-state index in [9.17, 15) is 14.9 Å². The van der Waals surface area contributed by atoms with Crippen molar-refractivity contribution < 1.29 is 9.72 Å². The summed E-state index contributed by atoms with van der Waals surface area (Å²) in [7, 11) is 0. The minimum absolute atomic E-state index is 0.00629. The quantitative estimate of drug-likeness (QED) is 0.476. The molecule has 5 heteroatoms. The molecule has 1 atom stereocenters. The third-order valence-electron chi connectivity index (χ3n) is 4.18. The Hall–Kier alpha value is -1.91. The van der Waals surface area contributed by atoms with Gasteiger partial charge in [0.05, 0.1) is 11.0 Å². The van der Waals surface area contributed by atoms with E-state index in [4.69, 9.17) is 0 Å². The molecule has 1 heterocycles. The van der Waals surface area contributed by atoms with E-state index in [1.165, 1.54) is 37.8 Å². The van der Waals surface area contributed by atoms with E-state index >= 15 is 0 Å². The predicted octanol–water partition coefficient (Wildman–Crippen LogP) is 2.61. The molecule has 100 valence electrons. The first-order valence-electron chi connectivity index (χ1n) is 6.72. The maximum absolute atomic E-state index is 12.2. The van der Waals surface area contributed by atoms with Crippen LogP contribution in [-0.2, 0) is 0 Å². The van der Waals surface area contributed by atoms with Crippen molar-refractivity contribution in [2.45, 2.75) is 31.7 Å². The summed E-state index contributed by atoms with van der Waals surface area (Å²) in [5.74, 6) is 0.675. The molecule has 1 amide bonds. The molecule has 0 spiro atoms. The van der Waals surface area contributed by atoms with Gasteiger partial charge in [-0.2, -0.15) is 0 Å². The molecule has 0 N–H and O–H groups in total. The van der Waals surface area contributed by atoms with Crippen LogP contribution in [0.4, 0.5) is 5.69 Å². The number of non-ortho nitro benzene ring substituents is 1. The average molecular weight is 260 g/mol. The molecule has 19 heavy (non-hydrogen) atoms. The van der Waals surface area contributed by atoms with Gasteiger partial charge >= 0.3 is 0 Å². The Morgan fingerprint density at radius 3 is 2.42 bits per heavy atom. The van der Waals surface area contributed by atoms with Gasteiger partial charge in [0.15, 0.2) is 0 Å². The number of carbonyl (C=O) groups excluding carboxylic acids is 1. The van der Waals surface area contributed by atoms with Crippen molar-refractivity contribution in [3.63, 3.8) is 0 Å². The van der Waals surface area contributed by atoms with Crippen molar-refractivity contribution in [2.75, 3.05) is 6.54 Å². The van der Waals surface area contributed by atoms with Crippen molar-refractivity contribution in [1.82, 2.24) is 4.90 Å². The Morgan fingerprint density at radius 1 is 1.21 bits per heavy atom. The van der Waals surface area contributed by atoms with Gasteiger partial charge < -0.3 is 4.90 Å². The second kappa shape index (κ2) is 4.64. The second-order valence-corrected chi connectivity index (χ2v) is 5.37. The van der Waals surface area contributed by atoms with Gasteiger partial charge in [-0.1, -0.05) is 12.8 Å². The van der Waals surface area contributed by atoms with E-state index < -0.39 is 4.92 Å². The van der Waals surface area contributed by atoms with Crippen LogP contribution in [0.5, 0.6) is 0 Å². The minimum atomic E-state index is -0.451. The standard InChI is InChI=1S/C14H16N2O3/c17-14(11-5-7-12(8-6-11)16(18)19)15-9-13(15)10-3-1-2-4-10/h5-8,10,13H,1-4,9H2/t13-,15?/m1/s1. The van der Waals surface area contributed by atoms with E-state index in [-0.39, 0.29) is 11.6 Å². The highest BCUT2D eigenvalue weighted by Crippen LogP contribution is 2.38. The third-order valence-corrected chi connectivity index (χ3v) is 4.18. The number of nitro benzene ring substituents is 1. The normalized spacial score (nSPS) is 22.5. The smallest absolute Gasteiger partial charge is 0.269 e. The lowest BCUT2D eigenvalue weighted by Crippen LogP contribution is -2.17. The number of amides is 1. The van der Waals surface area contributed by atoms with Crippen LogP contribution in [0.25, 0.3) is 0 Å². The summed E-state index contributed by atoms with van der Waals surface area (Å²) in [5.41, 5.74) is 0.570. The van der Waals surface area contributed by atoms with Crippen molar-refractivity contribution >= 4 is 11.6 Å². The number of nitro groups is 1. The zero-order chi connectivity index (χ0) is 13.4. The molecule has 1 aliphatic carbocycles. The molecule has 2 fully saturated rings. The molecule has 1 aromatic carbocycles. The predicted molar refractivity (Wildman–Crippen MR) is 69.9 cm³/mol. The Kier molecular flexibility index (Phi) is 2.97. The molecule has 3 rings (SSSR count). The maximum atomic E-state index is 12.2. The zero-order valence-electron chi connectivity index (χ0n) is 10.6. The minimum Gasteiger partial charge on any atom is -0.332 e. The van der Waals surface area contributed by atoms with Crippen molar-refractivity contribution in [3.8, 4) is 0 Å². The van der Waals surface area contributed by atoms with Crippen LogP contribution >= 0.6 is 0 Å². The molecule has 1 saturated carbocycles. The number of carbonyl (C=O) groups is 1. The largest absolute Gasteiger partial charge is 0.332 e. The van der Waals surface area contributed by atoms with Gasteiger partial charge in [0, 0.05) is 24.2 Å². The van der Waals surface area contributed by atoms with Crippen LogP contribution in [0.2, 0.25) is 0 Å². The monoisotopic (exact) mass is 260 g/mol.